The van der Waals surface area contributed by atoms with Crippen LogP contribution in [0.5, 0.6) is 0 Å². The van der Waals surface area contributed by atoms with Crippen LogP contribution >= 0.6 is 11.3 Å². The third kappa shape index (κ3) is 3.74. The van der Waals surface area contributed by atoms with Crippen LogP contribution < -0.4 is 0 Å². The monoisotopic (exact) mass is 316 g/mol. The molecule has 1 aromatic heterocycles. The Morgan fingerprint density at radius 3 is 2.55 bits per heavy atom. The van der Waals surface area contributed by atoms with Crippen molar-refractivity contribution in [3.8, 4) is 0 Å². The summed E-state index contributed by atoms with van der Waals surface area (Å²) in [6.45, 7) is 11.5. The molecule has 0 nitrogen and oxygen atoms in total. The standard InChI is InChI=1S/C21H32S/c1-6-8-9-10-11-19-16(4)14-22-21(19)20-17(5)15(3)12-13-18(20)7-2/h12,14,18H,6-11,13H2,1-5H3. The van der Waals surface area contributed by atoms with Gasteiger partial charge >= 0.3 is 0 Å². The van der Waals surface area contributed by atoms with Crippen molar-refractivity contribution in [3.63, 3.8) is 0 Å². The van der Waals surface area contributed by atoms with E-state index in [-0.39, 0.29) is 0 Å². The Morgan fingerprint density at radius 2 is 1.86 bits per heavy atom. The zero-order valence-corrected chi connectivity index (χ0v) is 15.9. The van der Waals surface area contributed by atoms with Crippen LogP contribution in [0.15, 0.2) is 22.6 Å². The van der Waals surface area contributed by atoms with Crippen molar-refractivity contribution in [1.82, 2.24) is 0 Å². The Labute approximate surface area is 141 Å². The van der Waals surface area contributed by atoms with Crippen LogP contribution in [0.25, 0.3) is 5.57 Å². The summed E-state index contributed by atoms with van der Waals surface area (Å²) in [6, 6.07) is 0. The molecule has 1 atom stereocenters. The molecule has 1 aliphatic carbocycles. The number of hydrogen-bond donors (Lipinski definition) is 0. The molecule has 1 aromatic rings. The fourth-order valence-electron chi connectivity index (χ4n) is 3.57. The van der Waals surface area contributed by atoms with Gasteiger partial charge in [-0.3, -0.25) is 0 Å². The van der Waals surface area contributed by atoms with Gasteiger partial charge in [-0.15, -0.1) is 11.3 Å². The highest BCUT2D eigenvalue weighted by Crippen LogP contribution is 2.43. The van der Waals surface area contributed by atoms with Crippen molar-refractivity contribution in [2.75, 3.05) is 0 Å². The van der Waals surface area contributed by atoms with Crippen molar-refractivity contribution in [1.29, 1.82) is 0 Å². The molecule has 0 amide bonds. The second-order valence-corrected chi connectivity index (χ2v) is 7.68. The first-order valence-electron chi connectivity index (χ1n) is 9.05. The van der Waals surface area contributed by atoms with Gasteiger partial charge < -0.3 is 0 Å². The maximum absolute atomic E-state index is 2.44. The molecule has 0 saturated heterocycles. The molecular weight excluding hydrogens is 284 g/mol. The number of hydrogen-bond acceptors (Lipinski definition) is 1. The van der Waals surface area contributed by atoms with Crippen LogP contribution in [0.1, 0.15) is 82.2 Å². The Hall–Kier alpha value is -0.820. The Bertz CT molecular complexity index is 556. The van der Waals surface area contributed by atoms with Gasteiger partial charge in [0.1, 0.15) is 0 Å². The normalized spacial score (nSPS) is 18.8. The fraction of sp³-hybridized carbons (Fsp3) is 0.619. The molecule has 2 rings (SSSR count). The maximum atomic E-state index is 2.44. The second-order valence-electron chi connectivity index (χ2n) is 6.80. The highest BCUT2D eigenvalue weighted by atomic mass is 32.1. The number of unbranched alkanes of at least 4 members (excludes halogenated alkanes) is 3. The van der Waals surface area contributed by atoms with Gasteiger partial charge in [-0.2, -0.15) is 0 Å². The van der Waals surface area contributed by atoms with Gasteiger partial charge in [0.15, 0.2) is 0 Å². The van der Waals surface area contributed by atoms with Crippen LogP contribution in [-0.4, -0.2) is 0 Å². The summed E-state index contributed by atoms with van der Waals surface area (Å²) < 4.78 is 0. The second kappa shape index (κ2) is 8.15. The van der Waals surface area contributed by atoms with Gasteiger partial charge in [0.2, 0.25) is 0 Å². The van der Waals surface area contributed by atoms with E-state index < -0.39 is 0 Å². The van der Waals surface area contributed by atoms with Gasteiger partial charge in [0.05, 0.1) is 0 Å². The quantitative estimate of drug-likeness (QED) is 0.462. The van der Waals surface area contributed by atoms with Gasteiger partial charge in [-0.05, 0) is 80.0 Å². The SMILES string of the molecule is CCCCCCc1c(C)csc1C1=C(C)C(C)=CCC1CC. The topological polar surface area (TPSA) is 0 Å². The van der Waals surface area contributed by atoms with Crippen molar-refractivity contribution >= 4 is 16.9 Å². The van der Waals surface area contributed by atoms with Gasteiger partial charge in [0.25, 0.3) is 0 Å². The molecule has 0 radical (unpaired) electrons. The number of aryl methyl sites for hydroxylation is 1. The van der Waals surface area contributed by atoms with E-state index in [2.05, 4.69) is 46.1 Å². The van der Waals surface area contributed by atoms with E-state index in [1.165, 1.54) is 61.7 Å². The van der Waals surface area contributed by atoms with Gasteiger partial charge in [-0.1, -0.05) is 44.8 Å². The van der Waals surface area contributed by atoms with Crippen LogP contribution in [0, 0.1) is 12.8 Å². The Kier molecular flexibility index (Phi) is 6.50. The minimum atomic E-state index is 0.719. The third-order valence-corrected chi connectivity index (χ3v) is 6.41. The van der Waals surface area contributed by atoms with E-state index in [1.54, 1.807) is 16.0 Å². The van der Waals surface area contributed by atoms with Crippen molar-refractivity contribution in [2.45, 2.75) is 79.6 Å². The molecule has 22 heavy (non-hydrogen) atoms. The summed E-state index contributed by atoms with van der Waals surface area (Å²) in [5.74, 6) is 0.719. The highest BCUT2D eigenvalue weighted by molar-refractivity contribution is 7.11. The van der Waals surface area contributed by atoms with Crippen molar-refractivity contribution < 1.29 is 0 Å². The average molecular weight is 317 g/mol. The van der Waals surface area contributed by atoms with Crippen molar-refractivity contribution in [3.05, 3.63) is 38.6 Å². The lowest BCUT2D eigenvalue weighted by molar-refractivity contribution is 0.641. The van der Waals surface area contributed by atoms with Crippen LogP contribution in [-0.2, 0) is 6.42 Å². The molecule has 1 heterocycles. The maximum Gasteiger partial charge on any atom is 0.0342 e. The first-order chi connectivity index (χ1) is 10.6. The smallest absolute Gasteiger partial charge is 0.0342 e. The molecule has 122 valence electrons. The summed E-state index contributed by atoms with van der Waals surface area (Å²) in [5.41, 5.74) is 7.84. The largest absolute Gasteiger partial charge is 0.144 e. The molecule has 0 aliphatic heterocycles. The van der Waals surface area contributed by atoms with Crippen LogP contribution in [0.4, 0.5) is 0 Å². The number of rotatable bonds is 7. The summed E-state index contributed by atoms with van der Waals surface area (Å²) >= 11 is 1.99. The zero-order valence-electron chi connectivity index (χ0n) is 15.1. The predicted molar refractivity (Wildman–Crippen MR) is 102 cm³/mol. The van der Waals surface area contributed by atoms with E-state index in [1.807, 2.05) is 11.3 Å². The first kappa shape index (κ1) is 17.5. The Morgan fingerprint density at radius 1 is 1.09 bits per heavy atom. The summed E-state index contributed by atoms with van der Waals surface area (Å²) in [5, 5.41) is 2.38. The van der Waals surface area contributed by atoms with Crippen LogP contribution in [0.3, 0.4) is 0 Å². The fourth-order valence-corrected chi connectivity index (χ4v) is 4.86. The lowest BCUT2D eigenvalue weighted by Crippen LogP contribution is -2.09. The molecule has 0 saturated carbocycles. The van der Waals surface area contributed by atoms with Crippen molar-refractivity contribution in [2.24, 2.45) is 5.92 Å². The highest BCUT2D eigenvalue weighted by Gasteiger charge is 2.24. The minimum Gasteiger partial charge on any atom is -0.144 e. The van der Waals surface area contributed by atoms with Crippen LogP contribution in [0.2, 0.25) is 0 Å². The molecule has 0 fully saturated rings. The molecule has 0 bridgehead atoms. The van der Waals surface area contributed by atoms with Gasteiger partial charge in [0, 0.05) is 4.88 Å². The molecule has 0 aromatic carbocycles. The zero-order chi connectivity index (χ0) is 16.1. The van der Waals surface area contributed by atoms with Gasteiger partial charge in [-0.25, -0.2) is 0 Å². The molecule has 0 N–H and O–H groups in total. The molecule has 1 aliphatic rings. The number of thiophene rings is 1. The summed E-state index contributed by atoms with van der Waals surface area (Å²) in [6.07, 6.45) is 11.6. The van der Waals surface area contributed by atoms with E-state index in [0.717, 1.165) is 5.92 Å². The molecule has 0 spiro atoms. The van der Waals surface area contributed by atoms with E-state index in [0.29, 0.717) is 0 Å². The average Bonchev–Trinajstić information content (AvgIpc) is 2.87. The molecule has 1 heteroatoms. The van der Waals surface area contributed by atoms with E-state index in [9.17, 15) is 0 Å². The first-order valence-corrected chi connectivity index (χ1v) is 9.93. The number of allylic oxidation sites excluding steroid dienone is 4. The summed E-state index contributed by atoms with van der Waals surface area (Å²) in [7, 11) is 0. The predicted octanol–water partition coefficient (Wildman–Crippen LogP) is 7.33. The lowest BCUT2D eigenvalue weighted by Gasteiger charge is -2.26. The minimum absolute atomic E-state index is 0.719. The Balaban J connectivity index is 2.31. The molecular formula is C21H32S. The molecule has 1 unspecified atom stereocenters. The lowest BCUT2D eigenvalue weighted by atomic mass is 9.80. The van der Waals surface area contributed by atoms with E-state index >= 15 is 0 Å². The van der Waals surface area contributed by atoms with E-state index in [4.69, 9.17) is 0 Å². The third-order valence-electron chi connectivity index (χ3n) is 5.23. The summed E-state index contributed by atoms with van der Waals surface area (Å²) in [4.78, 5) is 1.60.